The fraction of sp³-hybridized carbons (Fsp3) is 0.417. The van der Waals surface area contributed by atoms with Gasteiger partial charge in [0.05, 0.1) is 10.4 Å². The molecule has 0 aliphatic carbocycles. The third-order valence-electron chi connectivity index (χ3n) is 2.85. The van der Waals surface area contributed by atoms with Crippen molar-refractivity contribution in [3.8, 4) is 0 Å². The lowest BCUT2D eigenvalue weighted by molar-refractivity contribution is -0.120. The highest BCUT2D eigenvalue weighted by Gasteiger charge is 2.20. The summed E-state index contributed by atoms with van der Waals surface area (Å²) in [5.41, 5.74) is 0.619. The van der Waals surface area contributed by atoms with Crippen LogP contribution in [0.2, 0.25) is 0 Å². The number of halogens is 3. The molecule has 0 aromatic heterocycles. The monoisotopic (exact) mass is 336 g/mol. The molecule has 2 N–H and O–H groups in total. The third-order valence-corrected chi connectivity index (χ3v) is 3.46. The van der Waals surface area contributed by atoms with Gasteiger partial charge >= 0.3 is 0 Å². The van der Waals surface area contributed by atoms with Gasteiger partial charge in [0.1, 0.15) is 5.82 Å². The first kappa shape index (κ1) is 15.4. The number of carbonyl (C=O) groups is 1. The number of nitrogens with one attached hydrogen (secondary N) is 2. The normalized spacial score (nSPS) is 18.9. The Hall–Kier alpha value is -0.650. The van der Waals surface area contributed by atoms with E-state index in [2.05, 4.69) is 26.6 Å². The van der Waals surface area contributed by atoms with Crippen molar-refractivity contribution in [2.75, 3.05) is 18.4 Å². The largest absolute Gasteiger partial charge is 0.326 e. The van der Waals surface area contributed by atoms with E-state index < -0.39 is 0 Å². The molecule has 100 valence electrons. The molecule has 18 heavy (non-hydrogen) atoms. The van der Waals surface area contributed by atoms with Crippen LogP contribution in [0.15, 0.2) is 22.7 Å². The van der Waals surface area contributed by atoms with Crippen LogP contribution in [0.1, 0.15) is 12.8 Å². The molecule has 2 rings (SSSR count). The standard InChI is InChI=1S/C12H14BrFN2O.ClH/c13-10-6-9(3-4-11(10)14)16-12(17)8-2-1-5-15-7-8;/h3-4,6,8,15H,1-2,5,7H2,(H,16,17);1H/t8-;/m1./s1. The molecule has 0 radical (unpaired) electrons. The summed E-state index contributed by atoms with van der Waals surface area (Å²) in [5.74, 6) is -0.328. The molecule has 3 nitrogen and oxygen atoms in total. The molecule has 1 heterocycles. The first-order chi connectivity index (χ1) is 8.16. The van der Waals surface area contributed by atoms with Crippen LogP contribution in [0.3, 0.4) is 0 Å². The molecule has 0 saturated carbocycles. The van der Waals surface area contributed by atoms with Gasteiger partial charge in [0.25, 0.3) is 0 Å². The number of carbonyl (C=O) groups excluding carboxylic acids is 1. The van der Waals surface area contributed by atoms with Gasteiger partial charge in [-0.15, -0.1) is 12.4 Å². The SMILES string of the molecule is Cl.O=C(Nc1ccc(F)c(Br)c1)[C@@H]1CCCNC1. The molecule has 1 saturated heterocycles. The average molecular weight is 338 g/mol. The van der Waals surface area contributed by atoms with Crippen molar-refractivity contribution in [1.82, 2.24) is 5.32 Å². The number of hydrogen-bond donors (Lipinski definition) is 2. The molecule has 1 amide bonds. The molecular formula is C12H15BrClFN2O. The quantitative estimate of drug-likeness (QED) is 0.871. The predicted octanol–water partition coefficient (Wildman–Crippen LogP) is 2.95. The summed E-state index contributed by atoms with van der Waals surface area (Å²) in [4.78, 5) is 11.9. The van der Waals surface area contributed by atoms with E-state index in [4.69, 9.17) is 0 Å². The molecule has 1 aromatic carbocycles. The fourth-order valence-electron chi connectivity index (χ4n) is 1.89. The first-order valence-corrected chi connectivity index (χ1v) is 6.43. The molecular weight excluding hydrogens is 323 g/mol. The Labute approximate surface area is 120 Å². The van der Waals surface area contributed by atoms with Gasteiger partial charge in [0.15, 0.2) is 0 Å². The van der Waals surface area contributed by atoms with Crippen LogP contribution in [0.25, 0.3) is 0 Å². The number of anilines is 1. The number of rotatable bonds is 2. The molecule has 0 unspecified atom stereocenters. The summed E-state index contributed by atoms with van der Waals surface area (Å²) in [5, 5.41) is 6.00. The Bertz CT molecular complexity index is 425. The zero-order valence-corrected chi connectivity index (χ0v) is 12.1. The summed E-state index contributed by atoms with van der Waals surface area (Å²) in [6.07, 6.45) is 1.92. The van der Waals surface area contributed by atoms with Gasteiger partial charge in [-0.05, 0) is 53.5 Å². The van der Waals surface area contributed by atoms with Crippen LogP contribution in [0.5, 0.6) is 0 Å². The van der Waals surface area contributed by atoms with Gasteiger partial charge in [0.2, 0.25) is 5.91 Å². The molecule has 1 aliphatic rings. The predicted molar refractivity (Wildman–Crippen MR) is 75.6 cm³/mol. The van der Waals surface area contributed by atoms with Gasteiger partial charge in [-0.3, -0.25) is 4.79 Å². The molecule has 1 atom stereocenters. The number of piperidine rings is 1. The zero-order valence-electron chi connectivity index (χ0n) is 9.71. The van der Waals surface area contributed by atoms with Gasteiger partial charge < -0.3 is 10.6 Å². The van der Waals surface area contributed by atoms with E-state index in [0.717, 1.165) is 19.4 Å². The fourth-order valence-corrected chi connectivity index (χ4v) is 2.27. The Morgan fingerprint density at radius 1 is 1.50 bits per heavy atom. The molecule has 1 aliphatic heterocycles. The van der Waals surface area contributed by atoms with Crippen molar-refractivity contribution in [1.29, 1.82) is 0 Å². The van der Waals surface area contributed by atoms with Crippen LogP contribution in [-0.2, 0) is 4.79 Å². The minimum absolute atomic E-state index is 0. The van der Waals surface area contributed by atoms with Crippen molar-refractivity contribution in [3.63, 3.8) is 0 Å². The number of benzene rings is 1. The van der Waals surface area contributed by atoms with Crippen LogP contribution < -0.4 is 10.6 Å². The second-order valence-corrected chi connectivity index (χ2v) is 5.02. The Morgan fingerprint density at radius 3 is 2.89 bits per heavy atom. The second-order valence-electron chi connectivity index (χ2n) is 4.16. The van der Waals surface area contributed by atoms with Gasteiger partial charge in [-0.25, -0.2) is 4.39 Å². The second kappa shape index (κ2) is 7.07. The van der Waals surface area contributed by atoms with Gasteiger partial charge in [-0.1, -0.05) is 0 Å². The Kier molecular flexibility index (Phi) is 6.05. The summed E-state index contributed by atoms with van der Waals surface area (Å²) in [6, 6.07) is 4.47. The smallest absolute Gasteiger partial charge is 0.228 e. The van der Waals surface area contributed by atoms with Crippen molar-refractivity contribution in [3.05, 3.63) is 28.5 Å². The molecule has 1 fully saturated rings. The van der Waals surface area contributed by atoms with Crippen LogP contribution >= 0.6 is 28.3 Å². The van der Waals surface area contributed by atoms with Crippen LogP contribution in [-0.4, -0.2) is 19.0 Å². The lowest BCUT2D eigenvalue weighted by Crippen LogP contribution is -2.37. The van der Waals surface area contributed by atoms with E-state index in [1.165, 1.54) is 6.07 Å². The lowest BCUT2D eigenvalue weighted by Gasteiger charge is -2.21. The first-order valence-electron chi connectivity index (χ1n) is 5.63. The van der Waals surface area contributed by atoms with E-state index in [1.54, 1.807) is 12.1 Å². The Morgan fingerprint density at radius 2 is 2.28 bits per heavy atom. The molecule has 1 aromatic rings. The maximum Gasteiger partial charge on any atom is 0.228 e. The maximum atomic E-state index is 13.0. The minimum atomic E-state index is -0.331. The number of amides is 1. The summed E-state index contributed by atoms with van der Waals surface area (Å²) in [6.45, 7) is 1.69. The van der Waals surface area contributed by atoms with Crippen molar-refractivity contribution in [2.24, 2.45) is 5.92 Å². The molecule has 6 heteroatoms. The van der Waals surface area contributed by atoms with E-state index in [1.807, 2.05) is 0 Å². The summed E-state index contributed by atoms with van der Waals surface area (Å²) < 4.78 is 13.4. The highest BCUT2D eigenvalue weighted by atomic mass is 79.9. The topological polar surface area (TPSA) is 41.1 Å². The van der Waals surface area contributed by atoms with E-state index in [-0.39, 0.29) is 30.0 Å². The van der Waals surface area contributed by atoms with Crippen LogP contribution in [0.4, 0.5) is 10.1 Å². The van der Waals surface area contributed by atoms with E-state index >= 15 is 0 Å². The molecule has 0 spiro atoms. The Balaban J connectivity index is 0.00000162. The summed E-state index contributed by atoms with van der Waals surface area (Å²) in [7, 11) is 0. The number of hydrogen-bond acceptors (Lipinski definition) is 2. The van der Waals surface area contributed by atoms with Gasteiger partial charge in [-0.2, -0.15) is 0 Å². The maximum absolute atomic E-state index is 13.0. The molecule has 0 bridgehead atoms. The highest BCUT2D eigenvalue weighted by molar-refractivity contribution is 9.10. The third kappa shape index (κ3) is 3.93. The van der Waals surface area contributed by atoms with E-state index in [0.29, 0.717) is 16.7 Å². The van der Waals surface area contributed by atoms with Crippen LogP contribution in [0, 0.1) is 11.7 Å². The van der Waals surface area contributed by atoms with Crippen molar-refractivity contribution < 1.29 is 9.18 Å². The summed E-state index contributed by atoms with van der Waals surface area (Å²) >= 11 is 3.09. The van der Waals surface area contributed by atoms with Gasteiger partial charge in [0, 0.05) is 12.2 Å². The average Bonchev–Trinajstić information content (AvgIpc) is 2.35. The van der Waals surface area contributed by atoms with E-state index in [9.17, 15) is 9.18 Å². The van der Waals surface area contributed by atoms with Crippen molar-refractivity contribution >= 4 is 39.9 Å². The highest BCUT2D eigenvalue weighted by Crippen LogP contribution is 2.21. The minimum Gasteiger partial charge on any atom is -0.326 e. The van der Waals surface area contributed by atoms with Crippen molar-refractivity contribution in [2.45, 2.75) is 12.8 Å². The lowest BCUT2D eigenvalue weighted by atomic mass is 9.99. The zero-order chi connectivity index (χ0) is 12.3.